The van der Waals surface area contributed by atoms with E-state index in [0.29, 0.717) is 0 Å². The van der Waals surface area contributed by atoms with Crippen LogP contribution in [0.5, 0.6) is 0 Å². The Labute approximate surface area is 176 Å². The van der Waals surface area contributed by atoms with Crippen molar-refractivity contribution in [2.24, 2.45) is 4.99 Å². The zero-order valence-corrected chi connectivity index (χ0v) is 18.8. The predicted octanol–water partition coefficient (Wildman–Crippen LogP) is 4.37. The van der Waals surface area contributed by atoms with E-state index in [-0.39, 0.29) is 24.0 Å². The van der Waals surface area contributed by atoms with Gasteiger partial charge in [0.2, 0.25) is 0 Å². The van der Waals surface area contributed by atoms with Crippen molar-refractivity contribution in [1.29, 1.82) is 0 Å². The van der Waals surface area contributed by atoms with Gasteiger partial charge in [-0.1, -0.05) is 23.7 Å². The molecule has 1 heterocycles. The Morgan fingerprint density at radius 1 is 1.24 bits per heavy atom. The summed E-state index contributed by atoms with van der Waals surface area (Å²) in [7, 11) is 0. The lowest BCUT2D eigenvalue weighted by atomic mass is 10.1. The fourth-order valence-electron chi connectivity index (χ4n) is 2.27. The Morgan fingerprint density at radius 2 is 2.04 bits per heavy atom. The Bertz CT molecular complexity index is 668. The molecule has 2 rings (SSSR count). The van der Waals surface area contributed by atoms with Crippen molar-refractivity contribution in [2.75, 3.05) is 19.6 Å². The van der Waals surface area contributed by atoms with E-state index in [0.717, 1.165) is 54.2 Å². The molecule has 0 aliphatic heterocycles. The molecule has 2 N–H and O–H groups in total. The molecule has 4 nitrogen and oxygen atoms in total. The van der Waals surface area contributed by atoms with Gasteiger partial charge in [0.25, 0.3) is 0 Å². The van der Waals surface area contributed by atoms with E-state index in [4.69, 9.17) is 11.6 Å². The molecule has 0 aliphatic rings. The first-order valence-electron chi connectivity index (χ1n) is 8.28. The highest BCUT2D eigenvalue weighted by Gasteiger charge is 2.03. The Kier molecular flexibility index (Phi) is 10.4. The number of nitrogens with zero attached hydrogens (tertiary/aromatic N) is 2. The molecule has 1 aromatic carbocycles. The van der Waals surface area contributed by atoms with E-state index in [1.807, 2.05) is 18.2 Å². The number of hydrogen-bond donors (Lipinski definition) is 2. The van der Waals surface area contributed by atoms with Crippen LogP contribution in [0.25, 0.3) is 0 Å². The van der Waals surface area contributed by atoms with Gasteiger partial charge in [-0.15, -0.1) is 35.3 Å². The zero-order chi connectivity index (χ0) is 17.4. The molecule has 1 aromatic heterocycles. The third-order valence-electron chi connectivity index (χ3n) is 3.61. The van der Waals surface area contributed by atoms with Gasteiger partial charge in [0.05, 0.1) is 10.7 Å². The summed E-state index contributed by atoms with van der Waals surface area (Å²) in [6, 6.07) is 7.96. The number of aliphatic imine (C=N–C) groups is 1. The normalized spacial score (nSPS) is 11.1. The molecule has 2 aromatic rings. The maximum atomic E-state index is 6.01. The number of rotatable bonds is 7. The molecule has 0 aliphatic carbocycles. The van der Waals surface area contributed by atoms with Crippen LogP contribution in [-0.4, -0.2) is 30.6 Å². The Hall–Kier alpha value is -0.860. The summed E-state index contributed by atoms with van der Waals surface area (Å²) in [5, 5.41) is 8.58. The average molecular weight is 493 g/mol. The standard InChI is InChI=1S/C18H25ClN4S.HI/c1-4-20-18(21-10-8-15-6-5-7-16(19)12-15)22-11-9-17-23-13(2)14(3)24-17;/h5-7,12H,4,8-11H2,1-3H3,(H2,20,21,22);1H. The van der Waals surface area contributed by atoms with E-state index >= 15 is 0 Å². The fraction of sp³-hybridized carbons (Fsp3) is 0.444. The summed E-state index contributed by atoms with van der Waals surface area (Å²) < 4.78 is 0. The van der Waals surface area contributed by atoms with Crippen LogP contribution in [0.15, 0.2) is 29.3 Å². The van der Waals surface area contributed by atoms with Gasteiger partial charge >= 0.3 is 0 Å². The Morgan fingerprint density at radius 3 is 2.68 bits per heavy atom. The minimum absolute atomic E-state index is 0. The van der Waals surface area contributed by atoms with Crippen LogP contribution in [0.4, 0.5) is 0 Å². The molecule has 0 saturated carbocycles. The molecule has 7 heteroatoms. The van der Waals surface area contributed by atoms with Crippen LogP contribution in [0.3, 0.4) is 0 Å². The first-order valence-corrected chi connectivity index (χ1v) is 9.47. The van der Waals surface area contributed by atoms with E-state index in [2.05, 4.69) is 47.4 Å². The molecule has 0 spiro atoms. The molecule has 25 heavy (non-hydrogen) atoms. The van der Waals surface area contributed by atoms with Crippen LogP contribution in [0.2, 0.25) is 5.02 Å². The lowest BCUT2D eigenvalue weighted by Gasteiger charge is -2.11. The summed E-state index contributed by atoms with van der Waals surface area (Å²) in [6.45, 7) is 8.64. The second-order valence-electron chi connectivity index (χ2n) is 5.57. The van der Waals surface area contributed by atoms with Crippen molar-refractivity contribution in [3.05, 3.63) is 50.4 Å². The monoisotopic (exact) mass is 492 g/mol. The number of thiazole rings is 1. The predicted molar refractivity (Wildman–Crippen MR) is 120 cm³/mol. The number of halogens is 2. The second kappa shape index (κ2) is 11.7. The smallest absolute Gasteiger partial charge is 0.191 e. The van der Waals surface area contributed by atoms with Crippen LogP contribution < -0.4 is 10.6 Å². The van der Waals surface area contributed by atoms with Gasteiger partial charge < -0.3 is 10.6 Å². The maximum Gasteiger partial charge on any atom is 0.191 e. The highest BCUT2D eigenvalue weighted by atomic mass is 127. The van der Waals surface area contributed by atoms with Crippen molar-refractivity contribution in [3.63, 3.8) is 0 Å². The number of hydrogen-bond acceptors (Lipinski definition) is 3. The topological polar surface area (TPSA) is 49.3 Å². The Balaban J connectivity index is 0.00000312. The summed E-state index contributed by atoms with van der Waals surface area (Å²) >= 11 is 7.78. The lowest BCUT2D eigenvalue weighted by molar-refractivity contribution is 0.796. The first-order chi connectivity index (χ1) is 11.6. The van der Waals surface area contributed by atoms with Crippen LogP contribution >= 0.6 is 46.9 Å². The van der Waals surface area contributed by atoms with Crippen molar-refractivity contribution >= 4 is 52.9 Å². The minimum Gasteiger partial charge on any atom is -0.357 e. The van der Waals surface area contributed by atoms with Crippen molar-refractivity contribution in [2.45, 2.75) is 33.6 Å². The number of nitrogens with one attached hydrogen (secondary N) is 2. The van der Waals surface area contributed by atoms with Gasteiger partial charge in [0, 0.05) is 36.0 Å². The van der Waals surface area contributed by atoms with Gasteiger partial charge in [0.1, 0.15) is 0 Å². The van der Waals surface area contributed by atoms with Gasteiger partial charge in [-0.05, 0) is 44.9 Å². The average Bonchev–Trinajstić information content (AvgIpc) is 2.86. The summed E-state index contributed by atoms with van der Waals surface area (Å²) in [5.74, 6) is 0.851. The highest BCUT2D eigenvalue weighted by Crippen LogP contribution is 2.16. The van der Waals surface area contributed by atoms with Crippen LogP contribution in [0.1, 0.15) is 28.1 Å². The van der Waals surface area contributed by atoms with E-state index in [1.165, 1.54) is 10.4 Å². The van der Waals surface area contributed by atoms with Gasteiger partial charge in [-0.3, -0.25) is 4.99 Å². The first kappa shape index (κ1) is 22.2. The number of benzene rings is 1. The molecule has 0 bridgehead atoms. The van der Waals surface area contributed by atoms with Crippen LogP contribution in [0, 0.1) is 13.8 Å². The van der Waals surface area contributed by atoms with Gasteiger partial charge in [0.15, 0.2) is 5.96 Å². The van der Waals surface area contributed by atoms with E-state index < -0.39 is 0 Å². The minimum atomic E-state index is 0. The quantitative estimate of drug-likeness (QED) is 0.343. The molecule has 0 atom stereocenters. The van der Waals surface area contributed by atoms with Crippen LogP contribution in [-0.2, 0) is 12.8 Å². The van der Waals surface area contributed by atoms with E-state index in [1.54, 1.807) is 11.3 Å². The molecule has 0 fully saturated rings. The van der Waals surface area contributed by atoms with Crippen molar-refractivity contribution < 1.29 is 0 Å². The number of aryl methyl sites for hydroxylation is 2. The summed E-state index contributed by atoms with van der Waals surface area (Å²) in [4.78, 5) is 10.5. The molecule has 0 unspecified atom stereocenters. The van der Waals surface area contributed by atoms with Crippen molar-refractivity contribution in [3.8, 4) is 0 Å². The number of aromatic nitrogens is 1. The highest BCUT2D eigenvalue weighted by molar-refractivity contribution is 14.0. The number of guanidine groups is 1. The molecule has 0 saturated heterocycles. The molecular formula is C18H26ClIN4S. The maximum absolute atomic E-state index is 6.01. The van der Waals surface area contributed by atoms with Gasteiger partial charge in [-0.2, -0.15) is 0 Å². The zero-order valence-electron chi connectivity index (χ0n) is 14.9. The van der Waals surface area contributed by atoms with E-state index in [9.17, 15) is 0 Å². The second-order valence-corrected chi connectivity index (χ2v) is 7.29. The third kappa shape index (κ3) is 7.92. The summed E-state index contributed by atoms with van der Waals surface area (Å²) in [6.07, 6.45) is 1.79. The SMILES string of the molecule is CCNC(=NCCc1nc(C)c(C)s1)NCCc1cccc(Cl)c1.I. The summed E-state index contributed by atoms with van der Waals surface area (Å²) in [5.41, 5.74) is 2.35. The third-order valence-corrected chi connectivity index (χ3v) is 4.98. The lowest BCUT2D eigenvalue weighted by Crippen LogP contribution is -2.38. The molecule has 0 radical (unpaired) electrons. The van der Waals surface area contributed by atoms with Crippen molar-refractivity contribution in [1.82, 2.24) is 15.6 Å². The molecule has 0 amide bonds. The molecule has 138 valence electrons. The fourth-order valence-corrected chi connectivity index (χ4v) is 3.40. The molecular weight excluding hydrogens is 467 g/mol. The largest absolute Gasteiger partial charge is 0.357 e. The van der Waals surface area contributed by atoms with Gasteiger partial charge in [-0.25, -0.2) is 4.98 Å².